The number of rotatable bonds is 4. The molecule has 0 fully saturated rings. The topological polar surface area (TPSA) is 60.2 Å². The molecule has 2 unspecified atom stereocenters. The lowest BCUT2D eigenvalue weighted by atomic mass is 10.2. The summed E-state index contributed by atoms with van der Waals surface area (Å²) in [6, 6.07) is 6.64. The lowest BCUT2D eigenvalue weighted by Crippen LogP contribution is -2.30. The fraction of sp³-hybridized carbons (Fsp3) is 0.273. The first kappa shape index (κ1) is 12.8. The first-order chi connectivity index (χ1) is 8.03. The molecule has 3 nitrogen and oxygen atoms in total. The van der Waals surface area contributed by atoms with Crippen LogP contribution in [0.25, 0.3) is 0 Å². The maximum atomic E-state index is 12.3. The molecule has 6 heteroatoms. The van der Waals surface area contributed by atoms with Gasteiger partial charge in [0.25, 0.3) is 0 Å². The molecule has 17 heavy (non-hydrogen) atoms. The Kier molecular flexibility index (Phi) is 3.67. The van der Waals surface area contributed by atoms with E-state index >= 15 is 0 Å². The van der Waals surface area contributed by atoms with Gasteiger partial charge in [0, 0.05) is 4.88 Å². The zero-order valence-electron chi connectivity index (χ0n) is 9.24. The summed E-state index contributed by atoms with van der Waals surface area (Å²) in [5.74, 6) is 0. The molecule has 2 aromatic rings. The van der Waals surface area contributed by atoms with Crippen molar-refractivity contribution in [3.63, 3.8) is 0 Å². The van der Waals surface area contributed by atoms with Gasteiger partial charge in [-0.25, -0.2) is 8.42 Å². The number of hydrogen-bond donors (Lipinski definition) is 1. The maximum Gasteiger partial charge on any atom is 0.192 e. The van der Waals surface area contributed by atoms with E-state index in [1.807, 2.05) is 17.5 Å². The number of hydrogen-bond acceptors (Lipinski definition) is 5. The third kappa shape index (κ3) is 2.44. The minimum absolute atomic E-state index is 0.386. The number of sulfone groups is 1. The molecule has 2 N–H and O–H groups in total. The molecule has 0 radical (unpaired) electrons. The van der Waals surface area contributed by atoms with Crippen LogP contribution in [0.3, 0.4) is 0 Å². The minimum atomic E-state index is -3.32. The molecule has 0 aromatic carbocycles. The molecule has 0 bridgehead atoms. The van der Waals surface area contributed by atoms with Gasteiger partial charge in [0.15, 0.2) is 9.84 Å². The van der Waals surface area contributed by atoms with Crippen molar-refractivity contribution in [3.8, 4) is 0 Å². The monoisotopic (exact) mass is 287 g/mol. The number of thiophene rings is 2. The third-order valence-corrected chi connectivity index (χ3v) is 7.23. The van der Waals surface area contributed by atoms with Gasteiger partial charge in [-0.15, -0.1) is 22.7 Å². The van der Waals surface area contributed by atoms with Crippen LogP contribution in [0.5, 0.6) is 0 Å². The highest BCUT2D eigenvalue weighted by atomic mass is 32.2. The first-order valence-electron chi connectivity index (χ1n) is 5.10. The maximum absolute atomic E-state index is 12.3. The van der Waals surface area contributed by atoms with Crippen molar-refractivity contribution >= 4 is 32.5 Å². The van der Waals surface area contributed by atoms with Gasteiger partial charge in [-0.05, 0) is 29.8 Å². The molecule has 0 spiro atoms. The molecule has 0 saturated carbocycles. The summed E-state index contributed by atoms with van der Waals surface area (Å²) in [4.78, 5) is 0.901. The van der Waals surface area contributed by atoms with Gasteiger partial charge in [0.2, 0.25) is 0 Å². The van der Waals surface area contributed by atoms with E-state index in [-0.39, 0.29) is 0 Å². The van der Waals surface area contributed by atoms with Gasteiger partial charge < -0.3 is 5.73 Å². The summed E-state index contributed by atoms with van der Waals surface area (Å²) in [7, 11) is -3.32. The lowest BCUT2D eigenvalue weighted by Gasteiger charge is -2.18. The molecule has 92 valence electrons. The smallest absolute Gasteiger partial charge is 0.192 e. The van der Waals surface area contributed by atoms with Gasteiger partial charge in [-0.1, -0.05) is 12.1 Å². The van der Waals surface area contributed by atoms with E-state index in [0.717, 1.165) is 4.88 Å². The van der Waals surface area contributed by atoms with Crippen molar-refractivity contribution in [1.29, 1.82) is 0 Å². The van der Waals surface area contributed by atoms with Crippen LogP contribution < -0.4 is 5.73 Å². The van der Waals surface area contributed by atoms with E-state index in [0.29, 0.717) is 4.21 Å². The Morgan fingerprint density at radius 3 is 2.35 bits per heavy atom. The molecule has 0 saturated heterocycles. The minimum Gasteiger partial charge on any atom is -0.322 e. The van der Waals surface area contributed by atoms with Gasteiger partial charge in [-0.2, -0.15) is 0 Å². The highest BCUT2D eigenvalue weighted by molar-refractivity contribution is 7.94. The van der Waals surface area contributed by atoms with E-state index in [4.69, 9.17) is 5.73 Å². The molecule has 2 atom stereocenters. The Labute approximate surface area is 109 Å². The number of nitrogens with two attached hydrogens (primary N) is 1. The zero-order chi connectivity index (χ0) is 12.5. The summed E-state index contributed by atoms with van der Waals surface area (Å²) in [5, 5.41) is 3.05. The SMILES string of the molecule is CC(C(N)c1cccs1)S(=O)(=O)c1cccs1. The van der Waals surface area contributed by atoms with Gasteiger partial charge in [0.1, 0.15) is 4.21 Å². The average Bonchev–Trinajstić information content (AvgIpc) is 2.98. The quantitative estimate of drug-likeness (QED) is 0.940. The molecule has 0 aliphatic carbocycles. The summed E-state index contributed by atoms with van der Waals surface area (Å²) < 4.78 is 24.9. The fourth-order valence-corrected chi connectivity index (χ4v) is 5.21. The molecule has 0 amide bonds. The van der Waals surface area contributed by atoms with Crippen LogP contribution >= 0.6 is 22.7 Å². The van der Waals surface area contributed by atoms with E-state index in [9.17, 15) is 8.42 Å². The van der Waals surface area contributed by atoms with Crippen LogP contribution in [0.2, 0.25) is 0 Å². The normalized spacial score (nSPS) is 15.6. The highest BCUT2D eigenvalue weighted by Gasteiger charge is 2.30. The Balaban J connectivity index is 2.29. The second-order valence-electron chi connectivity index (χ2n) is 3.72. The van der Waals surface area contributed by atoms with Crippen LogP contribution in [0.4, 0.5) is 0 Å². The second kappa shape index (κ2) is 4.89. The van der Waals surface area contributed by atoms with Crippen molar-refractivity contribution in [2.45, 2.75) is 22.4 Å². The Morgan fingerprint density at radius 2 is 1.82 bits per heavy atom. The predicted molar refractivity (Wildman–Crippen MR) is 72.2 cm³/mol. The van der Waals surface area contributed by atoms with Crippen LogP contribution in [-0.4, -0.2) is 13.7 Å². The van der Waals surface area contributed by atoms with E-state index < -0.39 is 21.1 Å². The van der Waals surface area contributed by atoms with Gasteiger partial charge >= 0.3 is 0 Å². The molecule has 0 aliphatic rings. The lowest BCUT2D eigenvalue weighted by molar-refractivity contribution is 0.569. The summed E-state index contributed by atoms with van der Waals surface area (Å²) >= 11 is 2.72. The standard InChI is InChI=1S/C11H13NO2S3/c1-8(11(12)9-4-2-6-15-9)17(13,14)10-5-3-7-16-10/h2-8,11H,12H2,1H3. The molecular formula is C11H13NO2S3. The van der Waals surface area contributed by atoms with Crippen LogP contribution in [0.15, 0.2) is 39.2 Å². The van der Waals surface area contributed by atoms with Gasteiger partial charge in [0.05, 0.1) is 11.3 Å². The van der Waals surface area contributed by atoms with Crippen LogP contribution in [0.1, 0.15) is 17.8 Å². The van der Waals surface area contributed by atoms with Crippen LogP contribution in [-0.2, 0) is 9.84 Å². The second-order valence-corrected chi connectivity index (χ2v) is 8.18. The van der Waals surface area contributed by atoms with Crippen molar-refractivity contribution in [2.24, 2.45) is 5.73 Å². The first-order valence-corrected chi connectivity index (χ1v) is 8.40. The van der Waals surface area contributed by atoms with Crippen LogP contribution in [0, 0.1) is 0 Å². The molecule has 2 rings (SSSR count). The molecule has 2 heterocycles. The van der Waals surface area contributed by atoms with Crippen molar-refractivity contribution in [2.75, 3.05) is 0 Å². The summed E-state index contributed by atoms with van der Waals surface area (Å²) in [6.07, 6.45) is 0. The summed E-state index contributed by atoms with van der Waals surface area (Å²) in [6.45, 7) is 1.67. The Morgan fingerprint density at radius 1 is 1.18 bits per heavy atom. The third-order valence-electron chi connectivity index (χ3n) is 2.64. The van der Waals surface area contributed by atoms with Crippen molar-refractivity contribution in [3.05, 3.63) is 39.9 Å². The van der Waals surface area contributed by atoms with Gasteiger partial charge in [-0.3, -0.25) is 0 Å². The fourth-order valence-electron chi connectivity index (χ4n) is 1.51. The van der Waals surface area contributed by atoms with E-state index in [1.165, 1.54) is 22.7 Å². The zero-order valence-corrected chi connectivity index (χ0v) is 11.7. The largest absolute Gasteiger partial charge is 0.322 e. The Bertz CT molecular complexity index is 558. The van der Waals surface area contributed by atoms with E-state index in [1.54, 1.807) is 24.4 Å². The Hall–Kier alpha value is -0.690. The van der Waals surface area contributed by atoms with E-state index in [2.05, 4.69) is 0 Å². The van der Waals surface area contributed by atoms with Crippen molar-refractivity contribution in [1.82, 2.24) is 0 Å². The highest BCUT2D eigenvalue weighted by Crippen LogP contribution is 2.29. The predicted octanol–water partition coefficient (Wildman–Crippen LogP) is 2.67. The average molecular weight is 287 g/mol. The summed E-state index contributed by atoms with van der Waals surface area (Å²) in [5.41, 5.74) is 6.01. The molecule has 0 aliphatic heterocycles. The molecular weight excluding hydrogens is 274 g/mol. The molecule has 2 aromatic heterocycles. The van der Waals surface area contributed by atoms with Crippen molar-refractivity contribution < 1.29 is 8.42 Å².